The zero-order chi connectivity index (χ0) is 30.2. The molecule has 4 atom stereocenters. The zero-order valence-corrected chi connectivity index (χ0v) is 27.2. The maximum Gasteiger partial charge on any atom is 0.346 e. The Labute approximate surface area is 276 Å². The summed E-state index contributed by atoms with van der Waals surface area (Å²) in [6.45, 7) is 0. The lowest BCUT2D eigenvalue weighted by Gasteiger charge is -2.33. The highest BCUT2D eigenvalue weighted by Crippen LogP contribution is 2.62. The van der Waals surface area contributed by atoms with E-state index in [-0.39, 0.29) is 5.57 Å². The molecule has 2 fully saturated rings. The number of nitrogens with zero attached hydrogens (tertiary/aromatic N) is 2. The largest absolute Gasteiger partial charge is 0.477 e. The second-order valence-electron chi connectivity index (χ2n) is 12.1. The Morgan fingerprint density at radius 1 is 0.800 bits per heavy atom. The van der Waals surface area contributed by atoms with Crippen molar-refractivity contribution >= 4 is 78.2 Å². The van der Waals surface area contributed by atoms with Crippen LogP contribution in [0.5, 0.6) is 0 Å². The fourth-order valence-corrected chi connectivity index (χ4v) is 12.4. The molecule has 2 aromatic carbocycles. The fourth-order valence-electron chi connectivity index (χ4n) is 7.88. The minimum atomic E-state index is -1.20. The van der Waals surface area contributed by atoms with Gasteiger partial charge in [-0.1, -0.05) is 24.3 Å². The van der Waals surface area contributed by atoms with Crippen LogP contribution in [0.4, 0.5) is 11.4 Å². The zero-order valence-electron chi connectivity index (χ0n) is 24.0. The summed E-state index contributed by atoms with van der Waals surface area (Å²) in [7, 11) is 0. The Balaban J connectivity index is 0.995. The molecule has 0 radical (unpaired) electrons. The molecule has 4 aromatic heterocycles. The quantitative estimate of drug-likeness (QED) is 0.143. The summed E-state index contributed by atoms with van der Waals surface area (Å²) >= 11 is 6.91. The first kappa shape index (κ1) is 27.3. The third-order valence-electron chi connectivity index (χ3n) is 9.70. The molecule has 0 spiro atoms. The third-order valence-corrected chi connectivity index (χ3v) is 14.5. The summed E-state index contributed by atoms with van der Waals surface area (Å²) in [6, 6.07) is 33.7. The number of nitriles is 1. The predicted molar refractivity (Wildman–Crippen MR) is 189 cm³/mol. The number of anilines is 2. The highest BCUT2D eigenvalue weighted by molar-refractivity contribution is 7.32. The van der Waals surface area contributed by atoms with Gasteiger partial charge in [-0.3, -0.25) is 0 Å². The number of carboxylic acids is 1. The number of hydrogen-bond donors (Lipinski definition) is 1. The van der Waals surface area contributed by atoms with Gasteiger partial charge in [0.15, 0.2) is 0 Å². The number of carboxylic acid groups (broad SMARTS) is 1. The number of thiophene rings is 4. The van der Waals surface area contributed by atoms with E-state index in [4.69, 9.17) is 5.26 Å². The number of benzene rings is 2. The van der Waals surface area contributed by atoms with Crippen LogP contribution in [0.1, 0.15) is 35.6 Å². The van der Waals surface area contributed by atoms with Crippen molar-refractivity contribution in [2.75, 3.05) is 4.90 Å². The normalized spacial score (nSPS) is 21.8. The molecule has 45 heavy (non-hydrogen) atoms. The van der Waals surface area contributed by atoms with Gasteiger partial charge in [0.05, 0.1) is 0 Å². The molecule has 2 aliphatic carbocycles. The van der Waals surface area contributed by atoms with E-state index < -0.39 is 5.97 Å². The van der Waals surface area contributed by atoms with E-state index in [2.05, 4.69) is 83.8 Å². The molecule has 2 bridgehead atoms. The van der Waals surface area contributed by atoms with Gasteiger partial charge in [0.1, 0.15) is 11.6 Å². The summed E-state index contributed by atoms with van der Waals surface area (Å²) in [5.74, 6) is 1.04. The van der Waals surface area contributed by atoms with Gasteiger partial charge in [-0.15, -0.1) is 45.3 Å². The second-order valence-corrected chi connectivity index (χ2v) is 16.5. The van der Waals surface area contributed by atoms with E-state index in [1.54, 1.807) is 23.0 Å². The molecule has 0 amide bonds. The van der Waals surface area contributed by atoms with Crippen LogP contribution < -0.4 is 4.90 Å². The first-order valence-corrected chi connectivity index (χ1v) is 18.4. The second kappa shape index (κ2) is 10.5. The molecule has 0 saturated heterocycles. The Morgan fingerprint density at radius 2 is 1.51 bits per heavy atom. The molecule has 4 nitrogen and oxygen atoms in total. The molecule has 1 aliphatic heterocycles. The smallest absolute Gasteiger partial charge is 0.346 e. The van der Waals surface area contributed by atoms with E-state index in [1.165, 1.54) is 78.0 Å². The van der Waals surface area contributed by atoms with Gasteiger partial charge in [-0.25, -0.2) is 4.79 Å². The number of aliphatic carboxylic acids is 1. The monoisotopic (exact) mass is 658 g/mol. The Bertz CT molecular complexity index is 2160. The van der Waals surface area contributed by atoms with Crippen molar-refractivity contribution in [2.45, 2.75) is 31.2 Å². The molecule has 8 heteroatoms. The number of fused-ring (bicyclic) bond motifs is 8. The summed E-state index contributed by atoms with van der Waals surface area (Å²) < 4.78 is 2.22. The molecule has 5 heterocycles. The van der Waals surface area contributed by atoms with Crippen LogP contribution in [0, 0.1) is 23.2 Å². The maximum atomic E-state index is 11.2. The van der Waals surface area contributed by atoms with Crippen LogP contribution in [0.2, 0.25) is 0 Å². The van der Waals surface area contributed by atoms with Gasteiger partial charge in [0, 0.05) is 62.0 Å². The lowest BCUT2D eigenvalue weighted by atomic mass is 9.82. The SMILES string of the molecule is N#C/C(=C\c1cc2sc(-c3ccc(-c4ccc(-c5ccc6c(c5)C5C7CCC(C7)C5N6c5ccccc5)s4)s3)cc2s1)C(=O)O. The Hall–Kier alpha value is -4.00. The first-order chi connectivity index (χ1) is 22.0. The molecule has 4 unspecified atom stereocenters. The van der Waals surface area contributed by atoms with E-state index in [0.717, 1.165) is 26.1 Å². The minimum absolute atomic E-state index is 0.244. The van der Waals surface area contributed by atoms with Crippen molar-refractivity contribution in [3.63, 3.8) is 0 Å². The van der Waals surface area contributed by atoms with E-state index in [1.807, 2.05) is 28.7 Å². The van der Waals surface area contributed by atoms with Gasteiger partial charge < -0.3 is 10.0 Å². The van der Waals surface area contributed by atoms with Crippen LogP contribution in [-0.2, 0) is 4.79 Å². The highest BCUT2D eigenvalue weighted by atomic mass is 32.1. The lowest BCUT2D eigenvalue weighted by molar-refractivity contribution is -0.132. The van der Waals surface area contributed by atoms with Crippen molar-refractivity contribution in [1.82, 2.24) is 0 Å². The lowest BCUT2D eigenvalue weighted by Crippen LogP contribution is -2.35. The first-order valence-electron chi connectivity index (χ1n) is 15.1. The Morgan fingerprint density at radius 3 is 2.27 bits per heavy atom. The highest BCUT2D eigenvalue weighted by Gasteiger charge is 2.55. The minimum Gasteiger partial charge on any atom is -0.477 e. The van der Waals surface area contributed by atoms with Gasteiger partial charge in [-0.2, -0.15) is 5.26 Å². The Kier molecular flexibility index (Phi) is 6.40. The fraction of sp³-hybridized carbons (Fsp3) is 0.189. The van der Waals surface area contributed by atoms with Crippen molar-refractivity contribution in [3.05, 3.63) is 101 Å². The predicted octanol–water partition coefficient (Wildman–Crippen LogP) is 11.1. The average Bonchev–Trinajstić information content (AvgIpc) is 3.90. The van der Waals surface area contributed by atoms with Crippen LogP contribution in [0.15, 0.2) is 90.5 Å². The van der Waals surface area contributed by atoms with Crippen molar-refractivity contribution in [2.24, 2.45) is 11.8 Å². The van der Waals surface area contributed by atoms with Gasteiger partial charge >= 0.3 is 5.97 Å². The molecule has 3 aliphatic rings. The summed E-state index contributed by atoms with van der Waals surface area (Å²) in [6.07, 6.45) is 5.56. The number of hydrogen-bond acceptors (Lipinski definition) is 7. The standard InChI is InChI=1S/C37H26N2O2S4/c38-19-23(37(40)41)15-25-17-32-34(42-25)18-33(45-32)31-13-12-30(44-31)29-11-10-28(43-29)20-8-9-27-26(16-20)35-21-6-7-22(14-21)36(35)39(27)24-4-2-1-3-5-24/h1-5,8-13,15-18,21-22,35-36H,6-7,14H2,(H,40,41)/b23-15+. The van der Waals surface area contributed by atoms with Crippen LogP contribution in [-0.4, -0.2) is 17.1 Å². The number of carbonyl (C=O) groups is 1. The summed E-state index contributed by atoms with van der Waals surface area (Å²) in [5.41, 5.74) is 5.36. The van der Waals surface area contributed by atoms with Gasteiger partial charge in [-0.05, 0) is 109 Å². The molecular weight excluding hydrogens is 633 g/mol. The van der Waals surface area contributed by atoms with Crippen molar-refractivity contribution in [1.29, 1.82) is 5.26 Å². The molecular formula is C37H26N2O2S4. The van der Waals surface area contributed by atoms with Crippen LogP contribution in [0.3, 0.4) is 0 Å². The van der Waals surface area contributed by atoms with Gasteiger partial charge in [0.25, 0.3) is 0 Å². The molecule has 220 valence electrons. The van der Waals surface area contributed by atoms with Gasteiger partial charge in [0.2, 0.25) is 0 Å². The maximum absolute atomic E-state index is 11.2. The summed E-state index contributed by atoms with van der Waals surface area (Å²) in [4.78, 5) is 21.0. The number of rotatable bonds is 6. The van der Waals surface area contributed by atoms with E-state index in [9.17, 15) is 9.90 Å². The third kappa shape index (κ3) is 4.44. The van der Waals surface area contributed by atoms with Crippen molar-refractivity contribution in [3.8, 4) is 36.0 Å². The van der Waals surface area contributed by atoms with Crippen molar-refractivity contribution < 1.29 is 9.90 Å². The topological polar surface area (TPSA) is 64.3 Å². The molecule has 2 saturated carbocycles. The molecule has 9 rings (SSSR count). The van der Waals surface area contributed by atoms with Crippen LogP contribution >= 0.6 is 45.3 Å². The average molecular weight is 659 g/mol. The summed E-state index contributed by atoms with van der Waals surface area (Å²) in [5, 5.41) is 18.3. The van der Waals surface area contributed by atoms with Crippen LogP contribution in [0.25, 0.3) is 45.4 Å². The van der Waals surface area contributed by atoms with E-state index in [0.29, 0.717) is 12.0 Å². The molecule has 1 N–H and O–H groups in total. The van der Waals surface area contributed by atoms with E-state index >= 15 is 0 Å². The number of para-hydroxylation sites is 1. The molecule has 6 aromatic rings.